The molecule has 0 amide bonds. The predicted molar refractivity (Wildman–Crippen MR) is 79.9 cm³/mol. The molecule has 1 aromatic carbocycles. The highest BCUT2D eigenvalue weighted by atomic mass is 35.5. The Morgan fingerprint density at radius 2 is 1.84 bits per heavy atom. The van der Waals surface area contributed by atoms with Crippen LogP contribution in [0.4, 0.5) is 0 Å². The Balaban J connectivity index is 1.81. The molecule has 0 spiro atoms. The van der Waals surface area contributed by atoms with Gasteiger partial charge in [-0.15, -0.1) is 0 Å². The van der Waals surface area contributed by atoms with Crippen molar-refractivity contribution in [2.45, 2.75) is 44.6 Å². The summed E-state index contributed by atoms with van der Waals surface area (Å²) in [7, 11) is 2.14. The van der Waals surface area contributed by atoms with Gasteiger partial charge in [0.1, 0.15) is 0 Å². The van der Waals surface area contributed by atoms with Crippen LogP contribution >= 0.6 is 11.6 Å². The summed E-state index contributed by atoms with van der Waals surface area (Å²) >= 11 is 5.83. The molecular weight excluding hydrogens is 258 g/mol. The third-order valence-electron chi connectivity index (χ3n) is 4.06. The fourth-order valence-electron chi connectivity index (χ4n) is 2.76. The van der Waals surface area contributed by atoms with Crippen LogP contribution in [0, 0.1) is 0 Å². The molecule has 0 heterocycles. The number of carbonyl (C=O) groups is 1. The lowest BCUT2D eigenvalue weighted by Gasteiger charge is -2.30. The predicted octanol–water partition coefficient (Wildman–Crippen LogP) is 4.18. The lowest BCUT2D eigenvalue weighted by molar-refractivity contribution is 0.0952. The van der Waals surface area contributed by atoms with Crippen LogP contribution in [0.2, 0.25) is 5.02 Å². The van der Waals surface area contributed by atoms with E-state index in [1.54, 1.807) is 12.1 Å². The number of Topliss-reactive ketones (excluding diaryl/α,β-unsaturated/α-hetero) is 1. The normalized spacial score (nSPS) is 16.8. The van der Waals surface area contributed by atoms with E-state index in [0.717, 1.165) is 12.1 Å². The van der Waals surface area contributed by atoms with Gasteiger partial charge in [-0.25, -0.2) is 0 Å². The summed E-state index contributed by atoms with van der Waals surface area (Å²) in [5.74, 6) is 0.208. The summed E-state index contributed by atoms with van der Waals surface area (Å²) in [4.78, 5) is 14.4. The molecule has 0 unspecified atom stereocenters. The van der Waals surface area contributed by atoms with Crippen LogP contribution in [-0.4, -0.2) is 30.3 Å². The smallest absolute Gasteiger partial charge is 0.164 e. The number of benzene rings is 1. The van der Waals surface area contributed by atoms with Gasteiger partial charge in [-0.2, -0.15) is 0 Å². The van der Waals surface area contributed by atoms with Gasteiger partial charge in [-0.05, 0) is 44.2 Å². The number of halogens is 1. The Kier molecular flexibility index (Phi) is 5.41. The first-order valence-corrected chi connectivity index (χ1v) is 7.53. The van der Waals surface area contributed by atoms with Crippen molar-refractivity contribution in [3.8, 4) is 0 Å². The highest BCUT2D eigenvalue weighted by molar-refractivity contribution is 6.30. The molecule has 19 heavy (non-hydrogen) atoms. The van der Waals surface area contributed by atoms with E-state index >= 15 is 0 Å². The van der Waals surface area contributed by atoms with E-state index in [1.165, 1.54) is 32.1 Å². The van der Waals surface area contributed by atoms with Crippen LogP contribution in [0.25, 0.3) is 0 Å². The van der Waals surface area contributed by atoms with Gasteiger partial charge >= 0.3 is 0 Å². The van der Waals surface area contributed by atoms with Crippen molar-refractivity contribution >= 4 is 17.4 Å². The third kappa shape index (κ3) is 4.32. The minimum Gasteiger partial charge on any atom is -0.303 e. The van der Waals surface area contributed by atoms with Crippen molar-refractivity contribution in [2.75, 3.05) is 13.6 Å². The first-order chi connectivity index (χ1) is 9.16. The molecule has 0 N–H and O–H groups in total. The van der Waals surface area contributed by atoms with E-state index in [9.17, 15) is 4.79 Å². The zero-order valence-electron chi connectivity index (χ0n) is 11.6. The average Bonchev–Trinajstić information content (AvgIpc) is 2.46. The highest BCUT2D eigenvalue weighted by Crippen LogP contribution is 2.21. The van der Waals surface area contributed by atoms with Crippen molar-refractivity contribution in [2.24, 2.45) is 0 Å². The quantitative estimate of drug-likeness (QED) is 0.754. The summed E-state index contributed by atoms with van der Waals surface area (Å²) in [6.07, 6.45) is 7.19. The van der Waals surface area contributed by atoms with E-state index in [-0.39, 0.29) is 5.78 Å². The van der Waals surface area contributed by atoms with Crippen molar-refractivity contribution in [1.82, 2.24) is 4.90 Å². The van der Waals surface area contributed by atoms with Crippen LogP contribution in [0.1, 0.15) is 48.9 Å². The molecule has 1 aromatic rings. The average molecular weight is 280 g/mol. The maximum Gasteiger partial charge on any atom is 0.164 e. The van der Waals surface area contributed by atoms with E-state index in [1.807, 2.05) is 12.1 Å². The molecular formula is C16H22ClNO. The lowest BCUT2D eigenvalue weighted by Crippen LogP contribution is -2.34. The van der Waals surface area contributed by atoms with Gasteiger partial charge in [-0.3, -0.25) is 4.79 Å². The fraction of sp³-hybridized carbons (Fsp3) is 0.562. The minimum atomic E-state index is 0.208. The third-order valence-corrected chi connectivity index (χ3v) is 4.31. The van der Waals surface area contributed by atoms with Gasteiger partial charge in [0.05, 0.1) is 0 Å². The van der Waals surface area contributed by atoms with Crippen molar-refractivity contribution in [3.05, 3.63) is 34.9 Å². The first kappa shape index (κ1) is 14.5. The molecule has 0 bridgehead atoms. The molecule has 0 radical (unpaired) electrons. The maximum atomic E-state index is 12.1. The topological polar surface area (TPSA) is 20.3 Å². The largest absolute Gasteiger partial charge is 0.303 e. The minimum absolute atomic E-state index is 0.208. The summed E-state index contributed by atoms with van der Waals surface area (Å²) in [6, 6.07) is 7.85. The fourth-order valence-corrected chi connectivity index (χ4v) is 2.89. The van der Waals surface area contributed by atoms with Gasteiger partial charge in [0.2, 0.25) is 0 Å². The summed E-state index contributed by atoms with van der Waals surface area (Å²) in [6.45, 7) is 0.853. The van der Waals surface area contributed by atoms with Crippen molar-refractivity contribution in [3.63, 3.8) is 0 Å². The highest BCUT2D eigenvalue weighted by Gasteiger charge is 2.18. The van der Waals surface area contributed by atoms with Crippen LogP contribution in [0.5, 0.6) is 0 Å². The van der Waals surface area contributed by atoms with Gasteiger partial charge in [-0.1, -0.05) is 30.9 Å². The molecule has 0 atom stereocenters. The maximum absolute atomic E-state index is 12.1. The number of rotatable bonds is 5. The van der Waals surface area contributed by atoms with Crippen LogP contribution in [-0.2, 0) is 0 Å². The molecule has 0 aliphatic heterocycles. The van der Waals surface area contributed by atoms with Crippen LogP contribution in [0.15, 0.2) is 24.3 Å². The Labute approximate surface area is 120 Å². The van der Waals surface area contributed by atoms with E-state index in [4.69, 9.17) is 11.6 Å². The summed E-state index contributed by atoms with van der Waals surface area (Å²) in [5.41, 5.74) is 0.765. The molecule has 104 valence electrons. The van der Waals surface area contributed by atoms with Crippen molar-refractivity contribution in [1.29, 1.82) is 0 Å². The van der Waals surface area contributed by atoms with E-state index < -0.39 is 0 Å². The molecule has 1 aliphatic rings. The molecule has 2 rings (SSSR count). The van der Waals surface area contributed by atoms with Gasteiger partial charge in [0.25, 0.3) is 0 Å². The molecule has 1 aliphatic carbocycles. The number of hydrogen-bond acceptors (Lipinski definition) is 2. The monoisotopic (exact) mass is 279 g/mol. The lowest BCUT2D eigenvalue weighted by atomic mass is 9.94. The SMILES string of the molecule is CN(CCC(=O)c1ccc(Cl)cc1)C1CCCCC1. The summed E-state index contributed by atoms with van der Waals surface area (Å²) < 4.78 is 0. The van der Waals surface area contributed by atoms with Gasteiger partial charge in [0, 0.05) is 29.6 Å². The zero-order chi connectivity index (χ0) is 13.7. The van der Waals surface area contributed by atoms with E-state index in [0.29, 0.717) is 17.5 Å². The van der Waals surface area contributed by atoms with E-state index in [2.05, 4.69) is 11.9 Å². The molecule has 1 saturated carbocycles. The molecule has 0 saturated heterocycles. The number of nitrogens with zero attached hydrogens (tertiary/aromatic N) is 1. The second kappa shape index (κ2) is 7.06. The first-order valence-electron chi connectivity index (χ1n) is 7.16. The second-order valence-corrected chi connectivity index (χ2v) is 5.89. The Morgan fingerprint density at radius 1 is 1.21 bits per heavy atom. The van der Waals surface area contributed by atoms with Crippen molar-refractivity contribution < 1.29 is 4.79 Å². The molecule has 2 nitrogen and oxygen atoms in total. The van der Waals surface area contributed by atoms with Crippen LogP contribution in [0.3, 0.4) is 0 Å². The standard InChI is InChI=1S/C16H22ClNO/c1-18(15-5-3-2-4-6-15)12-11-16(19)13-7-9-14(17)10-8-13/h7-10,15H,2-6,11-12H2,1H3. The Hall–Kier alpha value is -0.860. The van der Waals surface area contributed by atoms with Gasteiger partial charge < -0.3 is 4.90 Å². The van der Waals surface area contributed by atoms with Gasteiger partial charge in [0.15, 0.2) is 5.78 Å². The summed E-state index contributed by atoms with van der Waals surface area (Å²) in [5, 5.41) is 0.677. The van der Waals surface area contributed by atoms with Crippen LogP contribution < -0.4 is 0 Å². The molecule has 3 heteroatoms. The second-order valence-electron chi connectivity index (χ2n) is 5.45. The number of hydrogen-bond donors (Lipinski definition) is 0. The molecule has 0 aromatic heterocycles. The Bertz CT molecular complexity index is 409. The molecule has 1 fully saturated rings. The zero-order valence-corrected chi connectivity index (χ0v) is 12.3. The number of ketones is 1. The number of carbonyl (C=O) groups excluding carboxylic acids is 1. The Morgan fingerprint density at radius 3 is 2.47 bits per heavy atom.